The first-order chi connectivity index (χ1) is 24.6. The molecule has 0 fully saturated rings. The summed E-state index contributed by atoms with van der Waals surface area (Å²) in [7, 11) is 12.6. The number of ether oxygens (including phenoxy) is 12. The highest BCUT2D eigenvalue weighted by atomic mass is 16.6. The lowest BCUT2D eigenvalue weighted by Crippen LogP contribution is -2.13. The molecule has 4 aromatic rings. The topological polar surface area (TPSA) is 162 Å². The monoisotopic (exact) mass is 708 g/mol. The van der Waals surface area contributed by atoms with Crippen LogP contribution in [0.4, 0.5) is 0 Å². The molecule has 0 radical (unpaired) electrons. The SMILES string of the molecule is COc1cc(C(=O)Oc2cc(OC(=O)c3cc(OC)c(OC)c(OC)c3)cc(OC(=O)c3cc(OC)c(OC)c(OC)c3)c2)cc(OC)c1OC. The second-order valence-corrected chi connectivity index (χ2v) is 10.1. The van der Waals surface area contributed by atoms with Crippen molar-refractivity contribution in [1.29, 1.82) is 0 Å². The molecule has 4 rings (SSSR count). The van der Waals surface area contributed by atoms with E-state index in [1.165, 1.54) is 119 Å². The first-order valence-corrected chi connectivity index (χ1v) is 14.8. The molecule has 0 bridgehead atoms. The van der Waals surface area contributed by atoms with Gasteiger partial charge in [0.05, 0.1) is 80.7 Å². The van der Waals surface area contributed by atoms with Crippen molar-refractivity contribution in [3.05, 3.63) is 71.3 Å². The fourth-order valence-electron chi connectivity index (χ4n) is 4.82. The van der Waals surface area contributed by atoms with E-state index < -0.39 is 17.9 Å². The lowest BCUT2D eigenvalue weighted by atomic mass is 10.1. The van der Waals surface area contributed by atoms with Crippen molar-refractivity contribution in [3.8, 4) is 69.0 Å². The molecule has 0 aliphatic carbocycles. The van der Waals surface area contributed by atoms with E-state index in [4.69, 9.17) is 56.8 Å². The van der Waals surface area contributed by atoms with Crippen molar-refractivity contribution in [2.45, 2.75) is 0 Å². The van der Waals surface area contributed by atoms with Crippen LogP contribution in [0.5, 0.6) is 69.0 Å². The number of methoxy groups -OCH3 is 9. The highest BCUT2D eigenvalue weighted by molar-refractivity contribution is 5.95. The Bertz CT molecular complexity index is 1610. The first-order valence-electron chi connectivity index (χ1n) is 14.8. The zero-order chi connectivity index (χ0) is 37.2. The van der Waals surface area contributed by atoms with Crippen molar-refractivity contribution in [3.63, 3.8) is 0 Å². The minimum atomic E-state index is -0.857. The normalized spacial score (nSPS) is 10.3. The summed E-state index contributed by atoms with van der Waals surface area (Å²) in [4.78, 5) is 40.2. The Balaban J connectivity index is 1.75. The van der Waals surface area contributed by atoms with Gasteiger partial charge in [-0.1, -0.05) is 0 Å². The van der Waals surface area contributed by atoms with Crippen molar-refractivity contribution in [2.75, 3.05) is 64.0 Å². The van der Waals surface area contributed by atoms with Gasteiger partial charge in [-0.05, 0) is 36.4 Å². The van der Waals surface area contributed by atoms with Crippen LogP contribution < -0.4 is 56.8 Å². The highest BCUT2D eigenvalue weighted by Gasteiger charge is 2.23. The van der Waals surface area contributed by atoms with Crippen molar-refractivity contribution in [2.24, 2.45) is 0 Å². The Hall–Kier alpha value is -6.51. The second-order valence-electron chi connectivity index (χ2n) is 10.1. The summed E-state index contributed by atoms with van der Waals surface area (Å²) in [5.74, 6) is -1.02. The molecule has 0 N–H and O–H groups in total. The van der Waals surface area contributed by atoms with Crippen LogP contribution in [0.15, 0.2) is 54.6 Å². The highest BCUT2D eigenvalue weighted by Crippen LogP contribution is 2.41. The van der Waals surface area contributed by atoms with Crippen LogP contribution in [-0.2, 0) is 0 Å². The lowest BCUT2D eigenvalue weighted by Gasteiger charge is -2.15. The molecule has 51 heavy (non-hydrogen) atoms. The zero-order valence-corrected chi connectivity index (χ0v) is 29.3. The summed E-state index contributed by atoms with van der Waals surface area (Å²) >= 11 is 0. The van der Waals surface area contributed by atoms with E-state index in [9.17, 15) is 14.4 Å². The fraction of sp³-hybridized carbons (Fsp3) is 0.250. The summed E-state index contributed by atoms with van der Waals surface area (Å²) in [5, 5.41) is 0. The van der Waals surface area contributed by atoms with Crippen LogP contribution in [0, 0.1) is 0 Å². The van der Waals surface area contributed by atoms with Crippen LogP contribution in [-0.4, -0.2) is 81.9 Å². The van der Waals surface area contributed by atoms with Crippen LogP contribution in [0.25, 0.3) is 0 Å². The molecule has 0 heterocycles. The van der Waals surface area contributed by atoms with E-state index in [-0.39, 0.29) is 85.7 Å². The summed E-state index contributed by atoms with van der Waals surface area (Å²) in [5.41, 5.74) is 0.0841. The number of rotatable bonds is 15. The van der Waals surface area contributed by atoms with E-state index in [1.54, 1.807) is 0 Å². The third kappa shape index (κ3) is 8.21. The maximum Gasteiger partial charge on any atom is 0.343 e. The molecular formula is C36H36O15. The fourth-order valence-corrected chi connectivity index (χ4v) is 4.82. The van der Waals surface area contributed by atoms with E-state index in [2.05, 4.69) is 0 Å². The summed E-state index contributed by atoms with van der Waals surface area (Å²) in [6, 6.07) is 12.1. The molecule has 0 aromatic heterocycles. The van der Waals surface area contributed by atoms with Gasteiger partial charge in [0.2, 0.25) is 17.2 Å². The van der Waals surface area contributed by atoms with E-state index in [0.29, 0.717) is 0 Å². The Morgan fingerprint density at radius 3 is 0.667 bits per heavy atom. The van der Waals surface area contributed by atoms with Gasteiger partial charge in [-0.15, -0.1) is 0 Å². The Morgan fingerprint density at radius 2 is 0.510 bits per heavy atom. The van der Waals surface area contributed by atoms with Gasteiger partial charge < -0.3 is 56.8 Å². The van der Waals surface area contributed by atoms with Gasteiger partial charge in [0.1, 0.15) is 17.2 Å². The standard InChI is InChI=1S/C36H36O15/c1-40-25-10-19(11-26(41-2)31(25)46-7)34(37)49-22-16-23(50-35(38)20-12-27(42-3)32(47-8)28(13-20)43-4)18-24(17-22)51-36(39)21-14-29(44-5)33(48-9)30(15-21)45-6/h10-18H,1-9H3. The second kappa shape index (κ2) is 16.7. The van der Waals surface area contributed by atoms with Crippen molar-refractivity contribution in [1.82, 2.24) is 0 Å². The van der Waals surface area contributed by atoms with Crippen LogP contribution >= 0.6 is 0 Å². The predicted octanol–water partition coefficient (Wildman–Crippen LogP) is 5.42. The molecule has 0 aliphatic heterocycles. The van der Waals surface area contributed by atoms with Gasteiger partial charge in [0.25, 0.3) is 0 Å². The maximum atomic E-state index is 13.4. The minimum absolute atomic E-state index is 0.0280. The summed E-state index contributed by atoms with van der Waals surface area (Å²) < 4.78 is 65.0. The van der Waals surface area contributed by atoms with Crippen LogP contribution in [0.3, 0.4) is 0 Å². The third-order valence-electron chi connectivity index (χ3n) is 7.19. The van der Waals surface area contributed by atoms with Gasteiger partial charge in [0, 0.05) is 18.2 Å². The smallest absolute Gasteiger partial charge is 0.343 e. The minimum Gasteiger partial charge on any atom is -0.493 e. The molecule has 0 spiro atoms. The van der Waals surface area contributed by atoms with E-state index in [0.717, 1.165) is 0 Å². The number of hydrogen-bond acceptors (Lipinski definition) is 15. The quantitative estimate of drug-likeness (QED) is 0.114. The van der Waals surface area contributed by atoms with Gasteiger partial charge in [0.15, 0.2) is 34.5 Å². The molecule has 0 atom stereocenters. The number of carbonyl (C=O) groups excluding carboxylic acids is 3. The summed E-state index contributed by atoms with van der Waals surface area (Å²) in [6.07, 6.45) is 0. The average Bonchev–Trinajstić information content (AvgIpc) is 3.15. The molecule has 270 valence electrons. The van der Waals surface area contributed by atoms with Crippen LogP contribution in [0.1, 0.15) is 31.1 Å². The van der Waals surface area contributed by atoms with Crippen molar-refractivity contribution >= 4 is 17.9 Å². The maximum absolute atomic E-state index is 13.4. The lowest BCUT2D eigenvalue weighted by molar-refractivity contribution is 0.0729. The van der Waals surface area contributed by atoms with E-state index in [1.807, 2.05) is 0 Å². The first kappa shape index (κ1) is 37.3. The molecular weight excluding hydrogens is 672 g/mol. The predicted molar refractivity (Wildman–Crippen MR) is 180 cm³/mol. The van der Waals surface area contributed by atoms with E-state index >= 15 is 0 Å². The Labute approximate surface area is 293 Å². The molecule has 0 saturated carbocycles. The van der Waals surface area contributed by atoms with Crippen molar-refractivity contribution < 1.29 is 71.2 Å². The number of carbonyl (C=O) groups is 3. The number of benzene rings is 4. The zero-order valence-electron chi connectivity index (χ0n) is 29.3. The molecule has 0 unspecified atom stereocenters. The molecule has 0 aliphatic rings. The number of esters is 3. The molecule has 0 amide bonds. The Morgan fingerprint density at radius 1 is 0.314 bits per heavy atom. The van der Waals surface area contributed by atoms with Crippen LogP contribution in [0.2, 0.25) is 0 Å². The third-order valence-corrected chi connectivity index (χ3v) is 7.19. The number of hydrogen-bond donors (Lipinski definition) is 0. The molecule has 4 aromatic carbocycles. The van der Waals surface area contributed by atoms with Gasteiger partial charge in [-0.2, -0.15) is 0 Å². The molecule has 15 nitrogen and oxygen atoms in total. The van der Waals surface area contributed by atoms with Gasteiger partial charge in [-0.25, -0.2) is 14.4 Å². The summed E-state index contributed by atoms with van der Waals surface area (Å²) in [6.45, 7) is 0. The largest absolute Gasteiger partial charge is 0.493 e. The molecule has 0 saturated heterocycles. The average molecular weight is 709 g/mol. The van der Waals surface area contributed by atoms with Gasteiger partial charge >= 0.3 is 17.9 Å². The van der Waals surface area contributed by atoms with Gasteiger partial charge in [-0.3, -0.25) is 0 Å². The Kier molecular flexibility index (Phi) is 12.2. The molecule has 15 heteroatoms.